The van der Waals surface area contributed by atoms with Crippen LogP contribution in [0.3, 0.4) is 0 Å². The standard InChI is InChI=1S/C16H13F2NO2S/c1-2-19-15(22)9-14(20)11(16(19)21)6-3-5-10-12(17)7-4-8-13(10)18/h3-8H,2,9H2,1H3/b5-3+,11-6+. The third kappa shape index (κ3) is 3.17. The van der Waals surface area contributed by atoms with Crippen LogP contribution in [-0.2, 0) is 9.59 Å². The smallest absolute Gasteiger partial charge is 0.262 e. The molecule has 0 atom stereocenters. The maximum absolute atomic E-state index is 13.5. The fourth-order valence-corrected chi connectivity index (χ4v) is 2.44. The van der Waals surface area contributed by atoms with Crippen molar-refractivity contribution in [3.05, 3.63) is 53.1 Å². The predicted octanol–water partition coefficient (Wildman–Crippen LogP) is 3.05. The summed E-state index contributed by atoms with van der Waals surface area (Å²) in [6.45, 7) is 2.12. The van der Waals surface area contributed by atoms with Crippen molar-refractivity contribution in [3.63, 3.8) is 0 Å². The van der Waals surface area contributed by atoms with Crippen LogP contribution in [0.2, 0.25) is 0 Å². The first-order valence-corrected chi connectivity index (χ1v) is 7.06. The molecule has 1 aliphatic rings. The SMILES string of the molecule is CCN1C(=O)/C(=C/C=C/c2c(F)cccc2F)C(=O)CC1=S. The third-order valence-electron chi connectivity index (χ3n) is 3.23. The van der Waals surface area contributed by atoms with Gasteiger partial charge < -0.3 is 4.90 Å². The number of thiocarbonyl (C=S) groups is 1. The van der Waals surface area contributed by atoms with Gasteiger partial charge in [0, 0.05) is 12.1 Å². The Morgan fingerprint density at radius 1 is 1.27 bits per heavy atom. The molecule has 22 heavy (non-hydrogen) atoms. The van der Waals surface area contributed by atoms with Gasteiger partial charge in [-0.05, 0) is 31.2 Å². The molecule has 0 radical (unpaired) electrons. The molecule has 0 aliphatic carbocycles. The summed E-state index contributed by atoms with van der Waals surface area (Å²) in [5.74, 6) is -2.31. The summed E-state index contributed by atoms with van der Waals surface area (Å²) in [6.07, 6.45) is 3.72. The molecule has 114 valence electrons. The number of carbonyl (C=O) groups excluding carboxylic acids is 2. The van der Waals surface area contributed by atoms with Crippen molar-refractivity contribution < 1.29 is 18.4 Å². The minimum Gasteiger partial charge on any atom is -0.302 e. The van der Waals surface area contributed by atoms with Gasteiger partial charge in [-0.1, -0.05) is 24.4 Å². The number of benzene rings is 1. The summed E-state index contributed by atoms with van der Waals surface area (Å²) >= 11 is 5.00. The number of halogens is 2. The maximum atomic E-state index is 13.5. The molecular weight excluding hydrogens is 308 g/mol. The quantitative estimate of drug-likeness (QED) is 0.488. The monoisotopic (exact) mass is 321 g/mol. The van der Waals surface area contributed by atoms with Gasteiger partial charge in [0.2, 0.25) is 0 Å². The second-order valence-corrected chi connectivity index (χ2v) is 5.09. The van der Waals surface area contributed by atoms with Crippen molar-refractivity contribution in [1.82, 2.24) is 4.90 Å². The predicted molar refractivity (Wildman–Crippen MR) is 83.1 cm³/mol. The van der Waals surface area contributed by atoms with Gasteiger partial charge in [0.1, 0.15) is 11.6 Å². The lowest BCUT2D eigenvalue weighted by molar-refractivity contribution is -0.127. The summed E-state index contributed by atoms with van der Waals surface area (Å²) in [5.41, 5.74) is -0.263. The van der Waals surface area contributed by atoms with Gasteiger partial charge in [0.15, 0.2) is 5.78 Å². The molecule has 1 aliphatic heterocycles. The second-order valence-electron chi connectivity index (χ2n) is 4.62. The van der Waals surface area contributed by atoms with Crippen molar-refractivity contribution in [2.45, 2.75) is 13.3 Å². The Bertz CT molecular complexity index is 690. The van der Waals surface area contributed by atoms with Crippen LogP contribution < -0.4 is 0 Å². The van der Waals surface area contributed by atoms with Gasteiger partial charge in [0.05, 0.1) is 17.0 Å². The van der Waals surface area contributed by atoms with Crippen molar-refractivity contribution in [3.8, 4) is 0 Å². The highest BCUT2D eigenvalue weighted by molar-refractivity contribution is 7.80. The van der Waals surface area contributed by atoms with E-state index < -0.39 is 23.3 Å². The number of carbonyl (C=O) groups is 2. The average molecular weight is 321 g/mol. The molecule has 0 N–H and O–H groups in total. The zero-order chi connectivity index (χ0) is 16.3. The zero-order valence-electron chi connectivity index (χ0n) is 11.8. The zero-order valence-corrected chi connectivity index (χ0v) is 12.6. The Hall–Kier alpha value is -2.21. The largest absolute Gasteiger partial charge is 0.302 e. The van der Waals surface area contributed by atoms with E-state index >= 15 is 0 Å². The van der Waals surface area contributed by atoms with Crippen molar-refractivity contribution >= 4 is 35.0 Å². The van der Waals surface area contributed by atoms with Crippen LogP contribution in [0.4, 0.5) is 8.78 Å². The van der Waals surface area contributed by atoms with E-state index in [-0.39, 0.29) is 17.6 Å². The number of amides is 1. The number of ketones is 1. The van der Waals surface area contributed by atoms with Crippen LogP contribution in [0.15, 0.2) is 35.9 Å². The van der Waals surface area contributed by atoms with E-state index in [1.165, 1.54) is 29.2 Å². The molecule has 0 bridgehead atoms. The van der Waals surface area contributed by atoms with E-state index in [0.29, 0.717) is 11.5 Å². The fourth-order valence-electron chi connectivity index (χ4n) is 2.10. The number of likely N-dealkylation sites (tertiary alicyclic amines) is 1. The Labute approximate surface area is 131 Å². The van der Waals surface area contributed by atoms with Gasteiger partial charge in [-0.3, -0.25) is 9.59 Å². The molecule has 1 amide bonds. The number of hydrogen-bond acceptors (Lipinski definition) is 3. The second kappa shape index (κ2) is 6.70. The number of likely N-dealkylation sites (N-methyl/N-ethyl adjacent to an activating group) is 1. The summed E-state index contributed by atoms with van der Waals surface area (Å²) in [4.78, 5) is 25.6. The van der Waals surface area contributed by atoms with Crippen molar-refractivity contribution in [1.29, 1.82) is 0 Å². The first-order chi connectivity index (χ1) is 10.5. The maximum Gasteiger partial charge on any atom is 0.262 e. The summed E-state index contributed by atoms with van der Waals surface area (Å²) in [5, 5.41) is 0. The first kappa shape index (κ1) is 16.2. The molecule has 1 fully saturated rings. The van der Waals surface area contributed by atoms with Gasteiger partial charge in [-0.2, -0.15) is 0 Å². The molecule has 6 heteroatoms. The molecular formula is C16H13F2NO2S. The topological polar surface area (TPSA) is 37.4 Å². The minimum atomic E-state index is -0.715. The molecule has 2 rings (SSSR count). The lowest BCUT2D eigenvalue weighted by atomic mass is 10.0. The highest BCUT2D eigenvalue weighted by Crippen LogP contribution is 2.18. The lowest BCUT2D eigenvalue weighted by Crippen LogP contribution is -2.44. The number of rotatable bonds is 3. The van der Waals surface area contributed by atoms with Gasteiger partial charge in [-0.15, -0.1) is 0 Å². The van der Waals surface area contributed by atoms with Gasteiger partial charge in [0.25, 0.3) is 5.91 Å². The van der Waals surface area contributed by atoms with Crippen molar-refractivity contribution in [2.24, 2.45) is 0 Å². The van der Waals surface area contributed by atoms with Crippen LogP contribution in [0.5, 0.6) is 0 Å². The van der Waals surface area contributed by atoms with Gasteiger partial charge in [-0.25, -0.2) is 8.78 Å². The molecule has 0 saturated carbocycles. The Kier molecular flexibility index (Phi) is 4.92. The molecule has 0 aromatic heterocycles. The van der Waals surface area contributed by atoms with E-state index in [9.17, 15) is 18.4 Å². The highest BCUT2D eigenvalue weighted by Gasteiger charge is 2.31. The Balaban J connectivity index is 2.29. The summed E-state index contributed by atoms with van der Waals surface area (Å²) in [6, 6.07) is 3.52. The number of Topliss-reactive ketones (excluding diaryl/α,β-unsaturated/α-hetero) is 1. The molecule has 3 nitrogen and oxygen atoms in total. The molecule has 0 unspecified atom stereocenters. The lowest BCUT2D eigenvalue weighted by Gasteiger charge is -2.26. The van der Waals surface area contributed by atoms with Crippen LogP contribution in [0.25, 0.3) is 6.08 Å². The minimum absolute atomic E-state index is 0.0113. The molecule has 1 saturated heterocycles. The Morgan fingerprint density at radius 3 is 2.50 bits per heavy atom. The molecule has 1 heterocycles. The summed E-state index contributed by atoms with van der Waals surface area (Å²) < 4.78 is 26.9. The molecule has 1 aromatic carbocycles. The third-order valence-corrected chi connectivity index (χ3v) is 3.60. The van der Waals surface area contributed by atoms with E-state index in [4.69, 9.17) is 12.2 Å². The molecule has 1 aromatic rings. The summed E-state index contributed by atoms with van der Waals surface area (Å²) in [7, 11) is 0. The van der Waals surface area contributed by atoms with Crippen LogP contribution >= 0.6 is 12.2 Å². The van der Waals surface area contributed by atoms with Gasteiger partial charge >= 0.3 is 0 Å². The highest BCUT2D eigenvalue weighted by atomic mass is 32.1. The van der Waals surface area contributed by atoms with E-state index in [0.717, 1.165) is 12.1 Å². The van der Waals surface area contributed by atoms with E-state index in [2.05, 4.69) is 0 Å². The van der Waals surface area contributed by atoms with E-state index in [1.807, 2.05) is 0 Å². The van der Waals surface area contributed by atoms with Crippen molar-refractivity contribution in [2.75, 3.05) is 6.54 Å². The normalized spacial score (nSPS) is 17.9. The number of allylic oxidation sites excluding steroid dienone is 2. The number of nitrogens with zero attached hydrogens (tertiary/aromatic N) is 1. The number of piperidine rings is 1. The average Bonchev–Trinajstić information content (AvgIpc) is 2.45. The Morgan fingerprint density at radius 2 is 1.91 bits per heavy atom. The van der Waals surface area contributed by atoms with Crippen LogP contribution in [-0.4, -0.2) is 28.1 Å². The van der Waals surface area contributed by atoms with Crippen LogP contribution in [0, 0.1) is 11.6 Å². The van der Waals surface area contributed by atoms with Crippen LogP contribution in [0.1, 0.15) is 18.9 Å². The first-order valence-electron chi connectivity index (χ1n) is 6.66. The van der Waals surface area contributed by atoms with E-state index in [1.54, 1.807) is 6.92 Å². The fraction of sp³-hybridized carbons (Fsp3) is 0.188. The molecule has 0 spiro atoms. The number of hydrogen-bond donors (Lipinski definition) is 0.